The molecule has 1 heterocycles. The highest BCUT2D eigenvalue weighted by atomic mass is 16.5. The van der Waals surface area contributed by atoms with Crippen LogP contribution >= 0.6 is 0 Å². The van der Waals surface area contributed by atoms with E-state index < -0.39 is 0 Å². The van der Waals surface area contributed by atoms with Gasteiger partial charge < -0.3 is 14.7 Å². The van der Waals surface area contributed by atoms with Gasteiger partial charge in [0.05, 0.1) is 12.2 Å². The highest BCUT2D eigenvalue weighted by Crippen LogP contribution is 2.21. The van der Waals surface area contributed by atoms with Crippen LogP contribution in [0.5, 0.6) is 5.75 Å². The molecule has 0 radical (unpaired) electrons. The Bertz CT molecular complexity index is 468. The summed E-state index contributed by atoms with van der Waals surface area (Å²) in [5.41, 5.74) is 1.04. The summed E-state index contributed by atoms with van der Waals surface area (Å²) >= 11 is 0. The van der Waals surface area contributed by atoms with Crippen LogP contribution in [0.2, 0.25) is 0 Å². The monoisotopic (exact) mass is 249 g/mol. The van der Waals surface area contributed by atoms with Gasteiger partial charge in [-0.1, -0.05) is 0 Å². The Balaban J connectivity index is 2.18. The maximum atomic E-state index is 12.3. The molecule has 1 aliphatic heterocycles. The van der Waals surface area contributed by atoms with E-state index in [0.717, 1.165) is 0 Å². The number of aromatic hydroxyl groups is 1. The number of benzene rings is 1. The van der Waals surface area contributed by atoms with Crippen LogP contribution in [0.15, 0.2) is 18.2 Å². The van der Waals surface area contributed by atoms with Crippen LogP contribution in [-0.4, -0.2) is 41.2 Å². The van der Waals surface area contributed by atoms with E-state index in [4.69, 9.17) is 4.74 Å². The molecule has 18 heavy (non-hydrogen) atoms. The van der Waals surface area contributed by atoms with Gasteiger partial charge in [-0.05, 0) is 44.5 Å². The summed E-state index contributed by atoms with van der Waals surface area (Å²) < 4.78 is 5.59. The summed E-state index contributed by atoms with van der Waals surface area (Å²) in [4.78, 5) is 14.1. The molecule has 0 bridgehead atoms. The number of nitrogens with zero attached hydrogens (tertiary/aromatic N) is 1. The van der Waals surface area contributed by atoms with E-state index in [1.54, 1.807) is 30.0 Å². The maximum absolute atomic E-state index is 12.3. The Hall–Kier alpha value is -1.55. The minimum absolute atomic E-state index is 0.00512. The number of rotatable bonds is 1. The smallest absolute Gasteiger partial charge is 0.254 e. The standard InChI is InChI=1S/C14H19NO3/c1-10-8-11(4-5-12(10)16)13(17)15-6-7-18-14(2,3)9-15/h4-5,8,16H,6-7,9H2,1-3H3. The molecule has 1 fully saturated rings. The number of hydrogen-bond donors (Lipinski definition) is 1. The first-order valence-electron chi connectivity index (χ1n) is 6.12. The number of carbonyl (C=O) groups excluding carboxylic acids is 1. The number of amides is 1. The second-order valence-corrected chi connectivity index (χ2v) is 5.34. The highest BCUT2D eigenvalue weighted by Gasteiger charge is 2.30. The largest absolute Gasteiger partial charge is 0.508 e. The fourth-order valence-electron chi connectivity index (χ4n) is 2.16. The molecule has 1 aromatic rings. The number of aryl methyl sites for hydroxylation is 1. The lowest BCUT2D eigenvalue weighted by molar-refractivity contribution is -0.0764. The third-order valence-electron chi connectivity index (χ3n) is 3.16. The predicted molar refractivity (Wildman–Crippen MR) is 68.8 cm³/mol. The van der Waals surface area contributed by atoms with Crippen LogP contribution in [0.1, 0.15) is 29.8 Å². The molecule has 0 spiro atoms. The van der Waals surface area contributed by atoms with Crippen molar-refractivity contribution in [1.82, 2.24) is 4.90 Å². The van der Waals surface area contributed by atoms with Crippen LogP contribution in [0.25, 0.3) is 0 Å². The van der Waals surface area contributed by atoms with Crippen molar-refractivity contribution in [2.45, 2.75) is 26.4 Å². The summed E-state index contributed by atoms with van der Waals surface area (Å²) in [5.74, 6) is 0.211. The molecule has 1 aromatic carbocycles. The summed E-state index contributed by atoms with van der Waals surface area (Å²) in [7, 11) is 0. The molecule has 0 unspecified atom stereocenters. The molecule has 0 atom stereocenters. The topological polar surface area (TPSA) is 49.8 Å². The van der Waals surface area contributed by atoms with Gasteiger partial charge in [0.15, 0.2) is 0 Å². The normalized spacial score (nSPS) is 18.7. The van der Waals surface area contributed by atoms with E-state index in [1.807, 2.05) is 13.8 Å². The van der Waals surface area contributed by atoms with Crippen molar-refractivity contribution in [3.8, 4) is 5.75 Å². The molecular weight excluding hydrogens is 230 g/mol. The number of phenolic OH excluding ortho intramolecular Hbond substituents is 1. The maximum Gasteiger partial charge on any atom is 0.254 e. The second-order valence-electron chi connectivity index (χ2n) is 5.34. The molecule has 1 saturated heterocycles. The number of ether oxygens (including phenoxy) is 1. The average molecular weight is 249 g/mol. The van der Waals surface area contributed by atoms with E-state index >= 15 is 0 Å². The molecule has 4 heteroatoms. The zero-order chi connectivity index (χ0) is 13.3. The molecule has 1 amide bonds. The van der Waals surface area contributed by atoms with Gasteiger partial charge >= 0.3 is 0 Å². The van der Waals surface area contributed by atoms with Crippen molar-refractivity contribution in [3.05, 3.63) is 29.3 Å². The summed E-state index contributed by atoms with van der Waals surface area (Å²) in [6.07, 6.45) is 0. The quantitative estimate of drug-likeness (QED) is 0.827. The van der Waals surface area contributed by atoms with Crippen LogP contribution in [-0.2, 0) is 4.74 Å². The van der Waals surface area contributed by atoms with E-state index in [-0.39, 0.29) is 17.3 Å². The third kappa shape index (κ3) is 2.64. The Morgan fingerprint density at radius 1 is 1.44 bits per heavy atom. The predicted octanol–water partition coefficient (Wildman–Crippen LogP) is 1.95. The highest BCUT2D eigenvalue weighted by molar-refractivity contribution is 5.94. The lowest BCUT2D eigenvalue weighted by atomic mass is 10.1. The van der Waals surface area contributed by atoms with Crippen LogP contribution in [0, 0.1) is 6.92 Å². The van der Waals surface area contributed by atoms with Crippen LogP contribution in [0.3, 0.4) is 0 Å². The number of phenols is 1. The Kier molecular flexibility index (Phi) is 3.30. The van der Waals surface area contributed by atoms with Crippen molar-refractivity contribution >= 4 is 5.91 Å². The second kappa shape index (κ2) is 4.61. The lowest BCUT2D eigenvalue weighted by Crippen LogP contribution is -2.50. The Morgan fingerprint density at radius 3 is 2.78 bits per heavy atom. The van der Waals surface area contributed by atoms with Crippen molar-refractivity contribution in [2.24, 2.45) is 0 Å². The van der Waals surface area contributed by atoms with E-state index in [2.05, 4.69) is 0 Å². The molecule has 98 valence electrons. The fraction of sp³-hybridized carbons (Fsp3) is 0.500. The molecular formula is C14H19NO3. The van der Waals surface area contributed by atoms with Crippen molar-refractivity contribution in [2.75, 3.05) is 19.7 Å². The van der Waals surface area contributed by atoms with Gasteiger partial charge in [0, 0.05) is 18.7 Å². The van der Waals surface area contributed by atoms with Gasteiger partial charge in [-0.25, -0.2) is 0 Å². The lowest BCUT2D eigenvalue weighted by Gasteiger charge is -2.38. The molecule has 1 N–H and O–H groups in total. The third-order valence-corrected chi connectivity index (χ3v) is 3.16. The first kappa shape index (κ1) is 12.9. The molecule has 1 aliphatic rings. The van der Waals surface area contributed by atoms with Crippen LogP contribution in [0.4, 0.5) is 0 Å². The molecule has 4 nitrogen and oxygen atoms in total. The van der Waals surface area contributed by atoms with Gasteiger partial charge in [-0.3, -0.25) is 4.79 Å². The van der Waals surface area contributed by atoms with Crippen molar-refractivity contribution in [3.63, 3.8) is 0 Å². The van der Waals surface area contributed by atoms with Crippen molar-refractivity contribution in [1.29, 1.82) is 0 Å². The Labute approximate surface area is 107 Å². The van der Waals surface area contributed by atoms with Gasteiger partial charge in [0.25, 0.3) is 5.91 Å². The van der Waals surface area contributed by atoms with E-state index in [0.29, 0.717) is 30.8 Å². The molecule has 2 rings (SSSR count). The summed E-state index contributed by atoms with van der Waals surface area (Å²) in [5, 5.41) is 9.47. The van der Waals surface area contributed by atoms with Gasteiger partial charge in [-0.15, -0.1) is 0 Å². The molecule has 0 aromatic heterocycles. The van der Waals surface area contributed by atoms with Crippen LogP contribution < -0.4 is 0 Å². The van der Waals surface area contributed by atoms with Crippen molar-refractivity contribution < 1.29 is 14.6 Å². The zero-order valence-electron chi connectivity index (χ0n) is 11.1. The molecule has 0 saturated carbocycles. The minimum atomic E-state index is -0.292. The Morgan fingerprint density at radius 2 is 2.17 bits per heavy atom. The average Bonchev–Trinajstić information content (AvgIpc) is 2.30. The van der Waals surface area contributed by atoms with Gasteiger partial charge in [0.1, 0.15) is 5.75 Å². The van der Waals surface area contributed by atoms with E-state index in [1.165, 1.54) is 0 Å². The first-order valence-corrected chi connectivity index (χ1v) is 6.12. The number of morpholine rings is 1. The minimum Gasteiger partial charge on any atom is -0.508 e. The van der Waals surface area contributed by atoms with E-state index in [9.17, 15) is 9.90 Å². The first-order chi connectivity index (χ1) is 8.39. The SMILES string of the molecule is Cc1cc(C(=O)N2CCOC(C)(C)C2)ccc1O. The zero-order valence-corrected chi connectivity index (χ0v) is 11.1. The van der Waals surface area contributed by atoms with Gasteiger partial charge in [-0.2, -0.15) is 0 Å². The fourth-order valence-corrected chi connectivity index (χ4v) is 2.16. The summed E-state index contributed by atoms with van der Waals surface area (Å²) in [6, 6.07) is 4.95. The number of carbonyl (C=O) groups is 1. The summed E-state index contributed by atoms with van der Waals surface area (Å²) in [6.45, 7) is 7.52. The number of hydrogen-bond acceptors (Lipinski definition) is 3. The van der Waals surface area contributed by atoms with Gasteiger partial charge in [0.2, 0.25) is 0 Å². The molecule has 0 aliphatic carbocycles.